The molecule has 0 rings (SSSR count). The molecule has 0 radical (unpaired) electrons. The summed E-state index contributed by atoms with van der Waals surface area (Å²) in [4.78, 5) is 14.2. The topological polar surface area (TPSA) is 41.6 Å². The first-order chi connectivity index (χ1) is 8.41. The average molecular weight is 258 g/mol. The molecule has 0 aromatic heterocycles. The van der Waals surface area contributed by atoms with Crippen molar-refractivity contribution in [1.82, 2.24) is 10.2 Å². The van der Waals surface area contributed by atoms with Crippen LogP contribution in [0.2, 0.25) is 0 Å². The summed E-state index contributed by atoms with van der Waals surface area (Å²) < 4.78 is 4.88. The standard InChI is InChI=1S/C14H30N2O2/c1-7-8-9-10-16(12(2)3)11-14(4,15-5)13(17)18-6/h12,15H,7-11H2,1-6H3. The molecule has 4 nitrogen and oxygen atoms in total. The molecule has 0 heterocycles. The molecular formula is C14H30N2O2. The SMILES string of the molecule is CCCCCN(CC(C)(NC)C(=O)OC)C(C)C. The summed E-state index contributed by atoms with van der Waals surface area (Å²) in [6.45, 7) is 10.1. The van der Waals surface area contributed by atoms with E-state index in [4.69, 9.17) is 4.74 Å². The van der Waals surface area contributed by atoms with Gasteiger partial charge in [-0.15, -0.1) is 0 Å². The smallest absolute Gasteiger partial charge is 0.327 e. The average Bonchev–Trinajstić information content (AvgIpc) is 2.36. The lowest BCUT2D eigenvalue weighted by Gasteiger charge is -2.35. The van der Waals surface area contributed by atoms with Gasteiger partial charge in [-0.25, -0.2) is 0 Å². The predicted molar refractivity (Wildman–Crippen MR) is 75.7 cm³/mol. The normalized spacial score (nSPS) is 14.9. The van der Waals surface area contributed by atoms with Gasteiger partial charge >= 0.3 is 5.97 Å². The highest BCUT2D eigenvalue weighted by atomic mass is 16.5. The zero-order valence-corrected chi connectivity index (χ0v) is 12.9. The quantitative estimate of drug-likeness (QED) is 0.507. The third-order valence-electron chi connectivity index (χ3n) is 3.49. The Labute approximate surface area is 112 Å². The van der Waals surface area contributed by atoms with Crippen molar-refractivity contribution in [2.45, 2.75) is 58.5 Å². The summed E-state index contributed by atoms with van der Waals surface area (Å²) >= 11 is 0. The number of hydrogen-bond acceptors (Lipinski definition) is 4. The maximum atomic E-state index is 11.8. The van der Waals surface area contributed by atoms with Crippen molar-refractivity contribution in [3.05, 3.63) is 0 Å². The zero-order chi connectivity index (χ0) is 14.2. The number of unbranched alkanes of at least 4 members (excludes halogenated alkanes) is 2. The van der Waals surface area contributed by atoms with Gasteiger partial charge in [-0.3, -0.25) is 9.69 Å². The third kappa shape index (κ3) is 5.36. The second-order valence-corrected chi connectivity index (χ2v) is 5.35. The first-order valence-corrected chi connectivity index (χ1v) is 6.92. The number of hydrogen-bond donors (Lipinski definition) is 1. The van der Waals surface area contributed by atoms with Crippen LogP contribution in [0.1, 0.15) is 47.0 Å². The molecule has 0 aromatic carbocycles. The van der Waals surface area contributed by atoms with Crippen molar-refractivity contribution in [3.8, 4) is 0 Å². The van der Waals surface area contributed by atoms with Crippen molar-refractivity contribution >= 4 is 5.97 Å². The molecule has 4 heteroatoms. The second kappa shape index (κ2) is 8.48. The van der Waals surface area contributed by atoms with Crippen LogP contribution in [0.5, 0.6) is 0 Å². The van der Waals surface area contributed by atoms with E-state index < -0.39 is 5.54 Å². The maximum absolute atomic E-state index is 11.8. The molecule has 0 aliphatic heterocycles. The van der Waals surface area contributed by atoms with E-state index in [0.29, 0.717) is 12.6 Å². The number of rotatable bonds is 9. The summed E-state index contributed by atoms with van der Waals surface area (Å²) in [5.41, 5.74) is -0.634. The lowest BCUT2D eigenvalue weighted by atomic mass is 10.0. The van der Waals surface area contributed by atoms with Crippen LogP contribution in [-0.4, -0.2) is 49.7 Å². The van der Waals surface area contributed by atoms with Gasteiger partial charge in [0, 0.05) is 12.6 Å². The van der Waals surface area contributed by atoms with E-state index in [2.05, 4.69) is 31.0 Å². The molecule has 0 aliphatic rings. The molecule has 108 valence electrons. The number of nitrogens with one attached hydrogen (secondary N) is 1. The highest BCUT2D eigenvalue weighted by Crippen LogP contribution is 2.12. The second-order valence-electron chi connectivity index (χ2n) is 5.35. The number of likely N-dealkylation sites (N-methyl/N-ethyl adjacent to an activating group) is 1. The molecule has 0 amide bonds. The fourth-order valence-corrected chi connectivity index (χ4v) is 1.96. The Morgan fingerprint density at radius 3 is 2.39 bits per heavy atom. The highest BCUT2D eigenvalue weighted by molar-refractivity contribution is 5.80. The largest absolute Gasteiger partial charge is 0.468 e. The first kappa shape index (κ1) is 17.4. The first-order valence-electron chi connectivity index (χ1n) is 6.92. The van der Waals surface area contributed by atoms with Crippen molar-refractivity contribution in [2.24, 2.45) is 0 Å². The highest BCUT2D eigenvalue weighted by Gasteiger charge is 2.35. The van der Waals surface area contributed by atoms with Gasteiger partial charge in [0.25, 0.3) is 0 Å². The van der Waals surface area contributed by atoms with Gasteiger partial charge in [0.05, 0.1) is 7.11 Å². The molecule has 0 aliphatic carbocycles. The lowest BCUT2D eigenvalue weighted by Crippen LogP contribution is -2.57. The number of carbonyl (C=O) groups excluding carboxylic acids is 1. The third-order valence-corrected chi connectivity index (χ3v) is 3.49. The number of nitrogens with zero attached hydrogens (tertiary/aromatic N) is 1. The van der Waals surface area contributed by atoms with Gasteiger partial charge in [-0.05, 0) is 40.8 Å². The monoisotopic (exact) mass is 258 g/mol. The Morgan fingerprint density at radius 1 is 1.39 bits per heavy atom. The van der Waals surface area contributed by atoms with Gasteiger partial charge < -0.3 is 10.1 Å². The summed E-state index contributed by atoms with van der Waals surface area (Å²) in [5.74, 6) is -0.203. The fourth-order valence-electron chi connectivity index (χ4n) is 1.96. The van der Waals surface area contributed by atoms with Crippen LogP contribution >= 0.6 is 0 Å². The van der Waals surface area contributed by atoms with Gasteiger partial charge in [0.15, 0.2) is 0 Å². The van der Waals surface area contributed by atoms with E-state index in [1.165, 1.54) is 26.4 Å². The van der Waals surface area contributed by atoms with Gasteiger partial charge in [0.1, 0.15) is 5.54 Å². The molecule has 0 saturated heterocycles. The van der Waals surface area contributed by atoms with E-state index >= 15 is 0 Å². The van der Waals surface area contributed by atoms with Crippen LogP contribution in [-0.2, 0) is 9.53 Å². The van der Waals surface area contributed by atoms with Crippen LogP contribution in [0.25, 0.3) is 0 Å². The van der Waals surface area contributed by atoms with Gasteiger partial charge in [-0.1, -0.05) is 19.8 Å². The van der Waals surface area contributed by atoms with E-state index in [0.717, 1.165) is 6.54 Å². The van der Waals surface area contributed by atoms with Crippen LogP contribution in [0, 0.1) is 0 Å². The Kier molecular flexibility index (Phi) is 8.20. The van der Waals surface area contributed by atoms with Gasteiger partial charge in [0.2, 0.25) is 0 Å². The molecule has 1 N–H and O–H groups in total. The molecular weight excluding hydrogens is 228 g/mol. The lowest BCUT2D eigenvalue weighted by molar-refractivity contribution is -0.148. The predicted octanol–water partition coefficient (Wildman–Crippen LogP) is 2.04. The Hall–Kier alpha value is -0.610. The van der Waals surface area contributed by atoms with E-state index in [-0.39, 0.29) is 5.97 Å². The molecule has 0 fully saturated rings. The molecule has 0 bridgehead atoms. The molecule has 1 unspecified atom stereocenters. The van der Waals surface area contributed by atoms with E-state index in [9.17, 15) is 4.79 Å². The summed E-state index contributed by atoms with van der Waals surface area (Å²) in [6.07, 6.45) is 3.62. The molecule has 18 heavy (non-hydrogen) atoms. The maximum Gasteiger partial charge on any atom is 0.327 e. The van der Waals surface area contributed by atoms with Crippen molar-refractivity contribution < 1.29 is 9.53 Å². The fraction of sp³-hybridized carbons (Fsp3) is 0.929. The van der Waals surface area contributed by atoms with Crippen LogP contribution < -0.4 is 5.32 Å². The number of esters is 1. The Balaban J connectivity index is 4.57. The Morgan fingerprint density at radius 2 is 2.00 bits per heavy atom. The number of ether oxygens (including phenoxy) is 1. The zero-order valence-electron chi connectivity index (χ0n) is 12.9. The van der Waals surface area contributed by atoms with Crippen LogP contribution in [0.3, 0.4) is 0 Å². The Bertz CT molecular complexity index is 244. The molecule has 0 saturated carbocycles. The van der Waals surface area contributed by atoms with E-state index in [1.807, 2.05) is 14.0 Å². The van der Waals surface area contributed by atoms with Crippen LogP contribution in [0.15, 0.2) is 0 Å². The number of carbonyl (C=O) groups is 1. The molecule has 0 aromatic rings. The molecule has 1 atom stereocenters. The van der Waals surface area contributed by atoms with Crippen molar-refractivity contribution in [2.75, 3.05) is 27.2 Å². The summed E-state index contributed by atoms with van der Waals surface area (Å²) in [7, 11) is 3.25. The minimum absolute atomic E-state index is 0.203. The number of methoxy groups -OCH3 is 1. The minimum Gasteiger partial charge on any atom is -0.468 e. The van der Waals surface area contributed by atoms with Crippen molar-refractivity contribution in [1.29, 1.82) is 0 Å². The van der Waals surface area contributed by atoms with Crippen molar-refractivity contribution in [3.63, 3.8) is 0 Å². The summed E-state index contributed by atoms with van der Waals surface area (Å²) in [6, 6.07) is 0.430. The minimum atomic E-state index is -0.634. The van der Waals surface area contributed by atoms with Gasteiger partial charge in [-0.2, -0.15) is 0 Å². The summed E-state index contributed by atoms with van der Waals surface area (Å²) in [5, 5.41) is 3.09. The van der Waals surface area contributed by atoms with E-state index in [1.54, 1.807) is 0 Å². The van der Waals surface area contributed by atoms with Crippen LogP contribution in [0.4, 0.5) is 0 Å². The molecule has 0 spiro atoms.